The van der Waals surface area contributed by atoms with Crippen LogP contribution in [0.3, 0.4) is 0 Å². The van der Waals surface area contributed by atoms with Gasteiger partial charge in [-0.15, -0.1) is 0 Å². The van der Waals surface area contributed by atoms with Crippen molar-refractivity contribution in [1.82, 2.24) is 5.32 Å². The van der Waals surface area contributed by atoms with Crippen LogP contribution in [-0.4, -0.2) is 16.9 Å². The van der Waals surface area contributed by atoms with Gasteiger partial charge in [0.1, 0.15) is 0 Å². The third-order valence-corrected chi connectivity index (χ3v) is 6.19. The molecule has 0 saturated carbocycles. The van der Waals surface area contributed by atoms with Gasteiger partial charge in [0.05, 0.1) is 4.91 Å². The van der Waals surface area contributed by atoms with Crippen molar-refractivity contribution in [2.45, 2.75) is 6.42 Å². The molecule has 1 saturated heterocycles. The van der Waals surface area contributed by atoms with Gasteiger partial charge in [0.25, 0.3) is 11.1 Å². The maximum atomic E-state index is 12.7. The van der Waals surface area contributed by atoms with E-state index in [9.17, 15) is 14.4 Å². The second kappa shape index (κ2) is 7.85. The first-order chi connectivity index (χ1) is 15.1. The quantitative estimate of drug-likeness (QED) is 0.349. The predicted molar refractivity (Wildman–Crippen MR) is 124 cm³/mol. The largest absolute Gasteiger partial charge is 0.290 e. The lowest BCUT2D eigenvalue weighted by Gasteiger charge is -2.03. The predicted octanol–water partition coefficient (Wildman–Crippen LogP) is 5.48. The average Bonchev–Trinajstić information content (AvgIpc) is 3.31. The zero-order valence-electron chi connectivity index (χ0n) is 16.4. The first kappa shape index (κ1) is 19.3. The van der Waals surface area contributed by atoms with Gasteiger partial charge in [-0.05, 0) is 69.8 Å². The number of fused-ring (bicyclic) bond motifs is 3. The molecule has 0 spiro atoms. The molecule has 2 aliphatic rings. The number of hydrogen-bond acceptors (Lipinski definition) is 4. The lowest BCUT2D eigenvalue weighted by molar-refractivity contribution is -0.115. The molecule has 1 aliphatic carbocycles. The Hall–Kier alpha value is -3.70. The highest BCUT2D eigenvalue weighted by atomic mass is 32.2. The van der Waals surface area contributed by atoms with Crippen LogP contribution in [0.5, 0.6) is 0 Å². The molecule has 3 aromatic carbocycles. The van der Waals surface area contributed by atoms with E-state index in [1.54, 1.807) is 18.2 Å². The van der Waals surface area contributed by atoms with Crippen molar-refractivity contribution >= 4 is 40.8 Å². The number of imide groups is 1. The minimum Gasteiger partial charge on any atom is -0.289 e. The van der Waals surface area contributed by atoms with Crippen LogP contribution < -0.4 is 5.32 Å². The summed E-state index contributed by atoms with van der Waals surface area (Å²) in [6, 6.07) is 21.7. The number of carbonyl (C=O) groups excluding carboxylic acids is 3. The van der Waals surface area contributed by atoms with Crippen molar-refractivity contribution in [2.24, 2.45) is 0 Å². The summed E-state index contributed by atoms with van der Waals surface area (Å²) in [6.07, 6.45) is 5.89. The summed E-state index contributed by atoms with van der Waals surface area (Å²) in [5.41, 5.74) is 7.31. The standard InChI is InChI=1S/C26H17NO3S/c28-23(19-10-11-22-20(15-19)14-18-3-1-2-4-21(18)22)12-9-16-5-7-17(8-6-16)13-24-25(29)27-26(30)31-24/h1-13,15H,14H2,(H,27,29,30)/b12-9+,24-13-. The number of carbonyl (C=O) groups is 3. The molecule has 2 amide bonds. The van der Waals surface area contributed by atoms with Crippen molar-refractivity contribution in [3.63, 3.8) is 0 Å². The second-order valence-electron chi connectivity index (χ2n) is 7.42. The van der Waals surface area contributed by atoms with Crippen molar-refractivity contribution in [3.8, 4) is 11.1 Å². The molecule has 0 radical (unpaired) electrons. The SMILES string of the molecule is O=C1NC(=O)/C(=C/c2ccc(/C=C/C(=O)c3ccc4c(c3)Cc3ccccc3-4)cc2)S1. The molecule has 31 heavy (non-hydrogen) atoms. The van der Waals surface area contributed by atoms with Crippen molar-refractivity contribution in [2.75, 3.05) is 0 Å². The molecule has 1 aliphatic heterocycles. The van der Waals surface area contributed by atoms with Gasteiger partial charge in [-0.1, -0.05) is 66.7 Å². The summed E-state index contributed by atoms with van der Waals surface area (Å²) < 4.78 is 0. The van der Waals surface area contributed by atoms with E-state index in [1.807, 2.05) is 54.6 Å². The molecule has 150 valence electrons. The minimum atomic E-state index is -0.373. The number of hydrogen-bond donors (Lipinski definition) is 1. The smallest absolute Gasteiger partial charge is 0.289 e. The summed E-state index contributed by atoms with van der Waals surface area (Å²) in [5, 5.41) is 1.88. The van der Waals surface area contributed by atoms with E-state index in [1.165, 1.54) is 22.3 Å². The average molecular weight is 423 g/mol. The molecule has 3 aromatic rings. The Bertz CT molecular complexity index is 1300. The van der Waals surface area contributed by atoms with Gasteiger partial charge >= 0.3 is 0 Å². The molecule has 0 bridgehead atoms. The van der Waals surface area contributed by atoms with Crippen molar-refractivity contribution in [1.29, 1.82) is 0 Å². The minimum absolute atomic E-state index is 0.0394. The third kappa shape index (κ3) is 3.88. The summed E-state index contributed by atoms with van der Waals surface area (Å²) in [6.45, 7) is 0. The Labute approximate surface area is 183 Å². The number of nitrogens with one attached hydrogen (secondary N) is 1. The summed E-state index contributed by atoms with van der Waals surface area (Å²) in [7, 11) is 0. The maximum absolute atomic E-state index is 12.7. The normalized spacial score (nSPS) is 15.9. The fourth-order valence-electron chi connectivity index (χ4n) is 3.84. The molecule has 0 atom stereocenters. The molecule has 5 heteroatoms. The van der Waals surface area contributed by atoms with Gasteiger partial charge < -0.3 is 0 Å². The molecule has 1 N–H and O–H groups in total. The molecular weight excluding hydrogens is 406 g/mol. The van der Waals surface area contributed by atoms with Crippen LogP contribution in [0, 0.1) is 0 Å². The van der Waals surface area contributed by atoms with E-state index in [0.717, 1.165) is 29.3 Å². The van der Waals surface area contributed by atoms with Gasteiger partial charge in [-0.2, -0.15) is 0 Å². The first-order valence-corrected chi connectivity index (χ1v) is 10.7. The molecule has 0 unspecified atom stereocenters. The Balaban J connectivity index is 1.29. The van der Waals surface area contributed by atoms with Gasteiger partial charge in [-0.3, -0.25) is 19.7 Å². The summed E-state index contributed by atoms with van der Waals surface area (Å²) >= 11 is 0.892. The van der Waals surface area contributed by atoms with Crippen LogP contribution >= 0.6 is 11.8 Å². The zero-order valence-corrected chi connectivity index (χ0v) is 17.2. The van der Waals surface area contributed by atoms with Crippen molar-refractivity contribution in [3.05, 3.63) is 106 Å². The molecule has 4 nitrogen and oxygen atoms in total. The van der Waals surface area contributed by atoms with Crippen LogP contribution in [0.4, 0.5) is 4.79 Å². The van der Waals surface area contributed by atoms with Crippen LogP contribution in [-0.2, 0) is 11.2 Å². The maximum Gasteiger partial charge on any atom is 0.290 e. The molecule has 1 heterocycles. The summed E-state index contributed by atoms with van der Waals surface area (Å²) in [5.74, 6) is -0.412. The van der Waals surface area contributed by atoms with Gasteiger partial charge in [0, 0.05) is 5.56 Å². The fraction of sp³-hybridized carbons (Fsp3) is 0.0385. The number of allylic oxidation sites excluding steroid dienone is 1. The Kier molecular flexibility index (Phi) is 4.88. The van der Waals surface area contributed by atoms with E-state index in [-0.39, 0.29) is 16.9 Å². The number of amides is 2. The highest BCUT2D eigenvalue weighted by Crippen LogP contribution is 2.36. The molecular formula is C26H17NO3S. The molecule has 1 fully saturated rings. The third-order valence-electron chi connectivity index (χ3n) is 5.38. The van der Waals surface area contributed by atoms with E-state index in [4.69, 9.17) is 0 Å². The number of thioether (sulfide) groups is 1. The van der Waals surface area contributed by atoms with Gasteiger partial charge in [0.2, 0.25) is 0 Å². The zero-order chi connectivity index (χ0) is 21.4. The number of benzene rings is 3. The van der Waals surface area contributed by atoms with Gasteiger partial charge in [0.15, 0.2) is 5.78 Å². The monoisotopic (exact) mass is 423 g/mol. The van der Waals surface area contributed by atoms with E-state index in [2.05, 4.69) is 17.4 Å². The van der Waals surface area contributed by atoms with E-state index < -0.39 is 0 Å². The fourth-order valence-corrected chi connectivity index (χ4v) is 4.52. The van der Waals surface area contributed by atoms with Crippen molar-refractivity contribution < 1.29 is 14.4 Å². The number of ketones is 1. The molecule has 5 rings (SSSR count). The number of rotatable bonds is 4. The van der Waals surface area contributed by atoms with Crippen LogP contribution in [0.2, 0.25) is 0 Å². The topological polar surface area (TPSA) is 63.2 Å². The Morgan fingerprint density at radius 3 is 2.39 bits per heavy atom. The Morgan fingerprint density at radius 2 is 1.61 bits per heavy atom. The molecule has 0 aromatic heterocycles. The highest BCUT2D eigenvalue weighted by Gasteiger charge is 2.24. The lowest BCUT2D eigenvalue weighted by Crippen LogP contribution is -2.17. The Morgan fingerprint density at radius 1 is 0.871 bits per heavy atom. The highest BCUT2D eigenvalue weighted by molar-refractivity contribution is 8.18. The van der Waals surface area contributed by atoms with Crippen LogP contribution in [0.1, 0.15) is 32.6 Å². The van der Waals surface area contributed by atoms with E-state index in [0.29, 0.717) is 10.5 Å². The van der Waals surface area contributed by atoms with Gasteiger partial charge in [-0.25, -0.2) is 0 Å². The van der Waals surface area contributed by atoms with Crippen LogP contribution in [0.15, 0.2) is 77.7 Å². The second-order valence-corrected chi connectivity index (χ2v) is 8.44. The summed E-state index contributed by atoms with van der Waals surface area (Å²) in [4.78, 5) is 35.9. The van der Waals surface area contributed by atoms with E-state index >= 15 is 0 Å². The lowest BCUT2D eigenvalue weighted by atomic mass is 10.0. The first-order valence-electron chi connectivity index (χ1n) is 9.85. The van der Waals surface area contributed by atoms with Crippen LogP contribution in [0.25, 0.3) is 23.3 Å².